The number of benzene rings is 1. The van der Waals surface area contributed by atoms with E-state index in [2.05, 4.69) is 46.1 Å². The zero-order valence-corrected chi connectivity index (χ0v) is 14.0. The number of halogens is 1. The summed E-state index contributed by atoms with van der Waals surface area (Å²) in [5, 5.41) is 11.9. The van der Waals surface area contributed by atoms with E-state index in [9.17, 15) is 0 Å². The lowest BCUT2D eigenvalue weighted by molar-refractivity contribution is 0.722. The summed E-state index contributed by atoms with van der Waals surface area (Å²) < 4.78 is 0. The fraction of sp³-hybridized carbons (Fsp3) is 0.118. The molecule has 0 bridgehead atoms. The fourth-order valence-electron chi connectivity index (χ4n) is 2.66. The second kappa shape index (κ2) is 5.88. The zero-order chi connectivity index (χ0) is 14.9. The summed E-state index contributed by atoms with van der Waals surface area (Å²) >= 11 is 9.68. The van der Waals surface area contributed by atoms with E-state index in [1.165, 1.54) is 9.75 Å². The smallest absolute Gasteiger partial charge is 0.0924 e. The number of anilines is 1. The molecule has 110 valence electrons. The Bertz CT molecular complexity index is 794. The van der Waals surface area contributed by atoms with Crippen LogP contribution in [-0.2, 0) is 0 Å². The molecule has 3 aromatic rings. The van der Waals surface area contributed by atoms with E-state index in [0.717, 1.165) is 22.8 Å². The molecule has 1 aromatic carbocycles. The molecule has 0 saturated heterocycles. The molecule has 0 spiro atoms. The molecule has 0 amide bonds. The Hall–Kier alpha value is -1.62. The lowest BCUT2D eigenvalue weighted by Crippen LogP contribution is -2.17. The lowest BCUT2D eigenvalue weighted by Gasteiger charge is -2.22. The number of nitrogens with zero attached hydrogens (tertiary/aromatic N) is 2. The number of hydrazone groups is 1. The summed E-state index contributed by atoms with van der Waals surface area (Å²) in [5.74, 6) is 0. The fourth-order valence-corrected chi connectivity index (χ4v) is 4.38. The Kier molecular flexibility index (Phi) is 3.74. The quantitative estimate of drug-likeness (QED) is 0.584. The van der Waals surface area contributed by atoms with Crippen LogP contribution in [0.2, 0.25) is 5.02 Å². The van der Waals surface area contributed by atoms with Crippen LogP contribution in [0.15, 0.2) is 64.4 Å². The second-order valence-corrected chi connectivity index (χ2v) is 7.45. The highest BCUT2D eigenvalue weighted by atomic mass is 35.5. The van der Waals surface area contributed by atoms with Gasteiger partial charge in [-0.3, -0.25) is 5.01 Å². The Morgan fingerprint density at radius 2 is 1.91 bits per heavy atom. The number of rotatable bonds is 3. The average Bonchev–Trinajstić information content (AvgIpc) is 3.27. The monoisotopic (exact) mass is 344 g/mol. The molecule has 0 aliphatic carbocycles. The lowest BCUT2D eigenvalue weighted by atomic mass is 10.1. The van der Waals surface area contributed by atoms with E-state index in [4.69, 9.17) is 16.7 Å². The van der Waals surface area contributed by atoms with Crippen molar-refractivity contribution in [1.82, 2.24) is 0 Å². The van der Waals surface area contributed by atoms with Crippen LogP contribution in [0.4, 0.5) is 5.69 Å². The van der Waals surface area contributed by atoms with Gasteiger partial charge >= 0.3 is 0 Å². The summed E-state index contributed by atoms with van der Waals surface area (Å²) in [6.07, 6.45) is 0.924. The summed E-state index contributed by atoms with van der Waals surface area (Å²) in [6.45, 7) is 0. The Balaban J connectivity index is 1.76. The largest absolute Gasteiger partial charge is 0.256 e. The van der Waals surface area contributed by atoms with E-state index in [0.29, 0.717) is 0 Å². The van der Waals surface area contributed by atoms with Gasteiger partial charge in [-0.15, -0.1) is 22.7 Å². The molecule has 2 nitrogen and oxygen atoms in total. The predicted molar refractivity (Wildman–Crippen MR) is 96.5 cm³/mol. The van der Waals surface area contributed by atoms with Gasteiger partial charge in [-0.2, -0.15) is 5.10 Å². The first-order valence-electron chi connectivity index (χ1n) is 7.01. The van der Waals surface area contributed by atoms with Crippen molar-refractivity contribution in [2.24, 2.45) is 5.10 Å². The minimum Gasteiger partial charge on any atom is -0.256 e. The molecule has 4 rings (SSSR count). The van der Waals surface area contributed by atoms with Gasteiger partial charge in [-0.05, 0) is 41.1 Å². The molecular weight excluding hydrogens is 332 g/mol. The van der Waals surface area contributed by atoms with E-state index >= 15 is 0 Å². The highest BCUT2D eigenvalue weighted by Gasteiger charge is 2.30. The normalized spacial score (nSPS) is 17.8. The first-order chi connectivity index (χ1) is 10.8. The van der Waals surface area contributed by atoms with Gasteiger partial charge < -0.3 is 0 Å². The van der Waals surface area contributed by atoms with Crippen molar-refractivity contribution in [3.8, 4) is 0 Å². The van der Waals surface area contributed by atoms with Crippen LogP contribution in [-0.4, -0.2) is 5.71 Å². The van der Waals surface area contributed by atoms with E-state index in [1.807, 2.05) is 18.2 Å². The Morgan fingerprint density at radius 3 is 2.64 bits per heavy atom. The maximum atomic E-state index is 6.16. The van der Waals surface area contributed by atoms with E-state index in [1.54, 1.807) is 22.7 Å². The molecule has 0 fully saturated rings. The van der Waals surface area contributed by atoms with Crippen LogP contribution < -0.4 is 5.01 Å². The van der Waals surface area contributed by atoms with Gasteiger partial charge in [0.2, 0.25) is 0 Å². The SMILES string of the molecule is Clc1cccc(N2N=C(c3cccs3)C[C@H]2c2cccs2)c1. The van der Waals surface area contributed by atoms with Crippen LogP contribution >= 0.6 is 34.3 Å². The number of hydrogen-bond donors (Lipinski definition) is 0. The maximum absolute atomic E-state index is 6.16. The summed E-state index contributed by atoms with van der Waals surface area (Å²) in [4.78, 5) is 2.57. The maximum Gasteiger partial charge on any atom is 0.0924 e. The number of thiophene rings is 2. The Labute approximate surface area is 142 Å². The minimum atomic E-state index is 0.246. The molecule has 22 heavy (non-hydrogen) atoms. The van der Waals surface area contributed by atoms with Crippen molar-refractivity contribution in [1.29, 1.82) is 0 Å². The molecular formula is C17H13ClN2S2. The molecule has 1 aliphatic rings. The van der Waals surface area contributed by atoms with Crippen LogP contribution in [0.25, 0.3) is 0 Å². The second-order valence-electron chi connectivity index (χ2n) is 5.08. The van der Waals surface area contributed by atoms with Crippen molar-refractivity contribution in [2.45, 2.75) is 12.5 Å². The summed E-state index contributed by atoms with van der Waals surface area (Å²) in [7, 11) is 0. The van der Waals surface area contributed by atoms with E-state index < -0.39 is 0 Å². The third-order valence-electron chi connectivity index (χ3n) is 3.66. The molecule has 0 saturated carbocycles. The van der Waals surface area contributed by atoms with Gasteiger partial charge in [0.05, 0.1) is 22.3 Å². The van der Waals surface area contributed by atoms with Gasteiger partial charge in [-0.25, -0.2) is 0 Å². The highest BCUT2D eigenvalue weighted by molar-refractivity contribution is 7.12. The first-order valence-corrected chi connectivity index (χ1v) is 9.14. The molecule has 0 unspecified atom stereocenters. The standard InChI is InChI=1S/C17H13ClN2S2/c18-12-4-1-5-13(10-12)20-15(17-7-3-9-22-17)11-14(19-20)16-6-2-8-21-16/h1-10,15H,11H2/t15-/m0/s1. The summed E-state index contributed by atoms with van der Waals surface area (Å²) in [5.41, 5.74) is 2.19. The van der Waals surface area contributed by atoms with Crippen LogP contribution in [0.5, 0.6) is 0 Å². The molecule has 2 aromatic heterocycles. The molecule has 5 heteroatoms. The van der Waals surface area contributed by atoms with Crippen molar-refractivity contribution < 1.29 is 0 Å². The molecule has 1 atom stereocenters. The topological polar surface area (TPSA) is 15.6 Å². The van der Waals surface area contributed by atoms with Crippen molar-refractivity contribution in [2.75, 3.05) is 5.01 Å². The Morgan fingerprint density at radius 1 is 1.05 bits per heavy atom. The molecule has 3 heterocycles. The van der Waals surface area contributed by atoms with Crippen molar-refractivity contribution in [3.05, 3.63) is 74.1 Å². The van der Waals surface area contributed by atoms with Gasteiger partial charge in [0, 0.05) is 16.3 Å². The molecule has 1 aliphatic heterocycles. The summed E-state index contributed by atoms with van der Waals surface area (Å²) in [6, 6.07) is 16.6. The van der Waals surface area contributed by atoms with E-state index in [-0.39, 0.29) is 6.04 Å². The first kappa shape index (κ1) is 14.0. The van der Waals surface area contributed by atoms with Crippen LogP contribution in [0.1, 0.15) is 22.2 Å². The zero-order valence-electron chi connectivity index (χ0n) is 11.6. The van der Waals surface area contributed by atoms with Gasteiger partial charge in [0.1, 0.15) is 0 Å². The third-order valence-corrected chi connectivity index (χ3v) is 5.79. The van der Waals surface area contributed by atoms with Crippen molar-refractivity contribution >= 4 is 45.7 Å². The third kappa shape index (κ3) is 2.58. The van der Waals surface area contributed by atoms with Crippen LogP contribution in [0.3, 0.4) is 0 Å². The predicted octanol–water partition coefficient (Wildman–Crippen LogP) is 5.82. The van der Waals surface area contributed by atoms with Crippen LogP contribution in [0, 0.1) is 0 Å². The van der Waals surface area contributed by atoms with Gasteiger partial charge in [-0.1, -0.05) is 29.8 Å². The molecule has 0 N–H and O–H groups in total. The van der Waals surface area contributed by atoms with Gasteiger partial charge in [0.15, 0.2) is 0 Å². The number of hydrogen-bond acceptors (Lipinski definition) is 4. The highest BCUT2D eigenvalue weighted by Crippen LogP contribution is 2.39. The molecule has 0 radical (unpaired) electrons. The average molecular weight is 345 g/mol. The van der Waals surface area contributed by atoms with Gasteiger partial charge in [0.25, 0.3) is 0 Å². The minimum absolute atomic E-state index is 0.246. The van der Waals surface area contributed by atoms with Crippen molar-refractivity contribution in [3.63, 3.8) is 0 Å².